The third-order valence-corrected chi connectivity index (χ3v) is 3.88. The highest BCUT2D eigenvalue weighted by atomic mass is 79.9. The maximum Gasteiger partial charge on any atom is 0.223 e. The van der Waals surface area contributed by atoms with Crippen molar-refractivity contribution in [1.82, 2.24) is 10.1 Å². The molecule has 4 nitrogen and oxygen atoms in total. The molecule has 2 rings (SSSR count). The van der Waals surface area contributed by atoms with Gasteiger partial charge in [0.25, 0.3) is 0 Å². The Kier molecular flexibility index (Phi) is 4.80. The summed E-state index contributed by atoms with van der Waals surface area (Å²) in [5.74, 6) is 1.08. The van der Waals surface area contributed by atoms with E-state index < -0.39 is 0 Å². The fourth-order valence-corrected chi connectivity index (χ4v) is 2.81. The SMILES string of the molecule is Cc1cc(C2CCCN2C(=O)CCCCBr)on1. The quantitative estimate of drug-likeness (QED) is 0.619. The molecule has 0 spiro atoms. The van der Waals surface area contributed by atoms with Crippen molar-refractivity contribution in [2.24, 2.45) is 0 Å². The Morgan fingerprint density at radius 3 is 3.11 bits per heavy atom. The average molecular weight is 315 g/mol. The maximum absolute atomic E-state index is 12.2. The van der Waals surface area contributed by atoms with E-state index in [0.717, 1.165) is 49.0 Å². The Hall–Kier alpha value is -0.840. The third kappa shape index (κ3) is 3.13. The third-order valence-electron chi connectivity index (χ3n) is 3.32. The van der Waals surface area contributed by atoms with Gasteiger partial charge >= 0.3 is 0 Å². The van der Waals surface area contributed by atoms with Crippen LogP contribution in [0.4, 0.5) is 0 Å². The molecule has 100 valence electrons. The van der Waals surface area contributed by atoms with Crippen molar-refractivity contribution in [1.29, 1.82) is 0 Å². The molecule has 18 heavy (non-hydrogen) atoms. The van der Waals surface area contributed by atoms with Crippen molar-refractivity contribution < 1.29 is 9.32 Å². The zero-order valence-corrected chi connectivity index (χ0v) is 12.3. The molecule has 1 fully saturated rings. The molecule has 1 unspecified atom stereocenters. The van der Waals surface area contributed by atoms with E-state index in [1.807, 2.05) is 17.9 Å². The molecule has 1 aliphatic rings. The van der Waals surface area contributed by atoms with Crippen LogP contribution in [-0.2, 0) is 4.79 Å². The minimum absolute atomic E-state index is 0.0997. The van der Waals surface area contributed by atoms with Gasteiger partial charge in [0.05, 0.1) is 11.7 Å². The van der Waals surface area contributed by atoms with Crippen LogP contribution >= 0.6 is 15.9 Å². The molecule has 5 heteroatoms. The van der Waals surface area contributed by atoms with Crippen molar-refractivity contribution >= 4 is 21.8 Å². The van der Waals surface area contributed by atoms with Gasteiger partial charge in [-0.15, -0.1) is 0 Å². The second-order valence-electron chi connectivity index (χ2n) is 4.76. The predicted octanol–water partition coefficient (Wildman–Crippen LogP) is 3.21. The number of likely N-dealkylation sites (tertiary alicyclic amines) is 1. The number of halogens is 1. The van der Waals surface area contributed by atoms with Crippen LogP contribution in [0.1, 0.15) is 49.6 Å². The normalized spacial score (nSPS) is 19.4. The van der Waals surface area contributed by atoms with Crippen LogP contribution in [0.15, 0.2) is 10.6 Å². The molecule has 0 N–H and O–H groups in total. The summed E-state index contributed by atoms with van der Waals surface area (Å²) in [7, 11) is 0. The first-order chi connectivity index (χ1) is 8.72. The molecule has 1 aliphatic heterocycles. The second kappa shape index (κ2) is 6.36. The number of hydrogen-bond donors (Lipinski definition) is 0. The summed E-state index contributed by atoms with van der Waals surface area (Å²) in [6.45, 7) is 2.75. The molecule has 0 aliphatic carbocycles. The van der Waals surface area contributed by atoms with Crippen molar-refractivity contribution in [3.8, 4) is 0 Å². The molecule has 1 saturated heterocycles. The van der Waals surface area contributed by atoms with Crippen LogP contribution in [0.3, 0.4) is 0 Å². The number of unbranched alkanes of at least 4 members (excludes halogenated alkanes) is 1. The first kappa shape index (κ1) is 13.6. The van der Waals surface area contributed by atoms with Crippen LogP contribution < -0.4 is 0 Å². The minimum atomic E-state index is 0.0997. The smallest absolute Gasteiger partial charge is 0.223 e. The molecular formula is C13H19BrN2O2. The summed E-state index contributed by atoms with van der Waals surface area (Å²) in [6.07, 6.45) is 4.66. The lowest BCUT2D eigenvalue weighted by atomic mass is 10.1. The summed E-state index contributed by atoms with van der Waals surface area (Å²) in [6, 6.07) is 2.04. The summed E-state index contributed by atoms with van der Waals surface area (Å²) in [5.41, 5.74) is 0.878. The number of carbonyl (C=O) groups excluding carboxylic acids is 1. The lowest BCUT2D eigenvalue weighted by Gasteiger charge is -2.22. The Balaban J connectivity index is 1.97. The second-order valence-corrected chi connectivity index (χ2v) is 5.55. The topological polar surface area (TPSA) is 46.3 Å². The molecule has 2 heterocycles. The van der Waals surface area contributed by atoms with E-state index in [-0.39, 0.29) is 11.9 Å². The Labute approximate surface area is 116 Å². The number of amides is 1. The molecule has 1 atom stereocenters. The van der Waals surface area contributed by atoms with Gasteiger partial charge in [0.15, 0.2) is 5.76 Å². The van der Waals surface area contributed by atoms with Gasteiger partial charge in [-0.1, -0.05) is 21.1 Å². The van der Waals surface area contributed by atoms with Gasteiger partial charge in [0.1, 0.15) is 0 Å². The highest BCUT2D eigenvalue weighted by molar-refractivity contribution is 9.09. The van der Waals surface area contributed by atoms with Crippen molar-refractivity contribution in [3.05, 3.63) is 17.5 Å². The van der Waals surface area contributed by atoms with E-state index in [2.05, 4.69) is 21.1 Å². The van der Waals surface area contributed by atoms with E-state index in [4.69, 9.17) is 4.52 Å². The van der Waals surface area contributed by atoms with E-state index in [1.54, 1.807) is 0 Å². The lowest BCUT2D eigenvalue weighted by Crippen LogP contribution is -2.30. The largest absolute Gasteiger partial charge is 0.359 e. The highest BCUT2D eigenvalue weighted by Gasteiger charge is 2.31. The number of hydrogen-bond acceptors (Lipinski definition) is 3. The summed E-state index contributed by atoms with van der Waals surface area (Å²) in [4.78, 5) is 14.1. The molecule has 0 saturated carbocycles. The van der Waals surface area contributed by atoms with Crippen LogP contribution in [-0.4, -0.2) is 27.8 Å². The number of aryl methyl sites for hydroxylation is 1. The first-order valence-corrected chi connectivity index (χ1v) is 7.63. The maximum atomic E-state index is 12.2. The van der Waals surface area contributed by atoms with Gasteiger partial charge < -0.3 is 9.42 Å². The van der Waals surface area contributed by atoms with Gasteiger partial charge in [0, 0.05) is 24.4 Å². The zero-order valence-electron chi connectivity index (χ0n) is 10.7. The number of rotatable bonds is 5. The fourth-order valence-electron chi connectivity index (χ4n) is 2.42. The van der Waals surface area contributed by atoms with Crippen LogP contribution in [0.5, 0.6) is 0 Å². The molecule has 1 amide bonds. The van der Waals surface area contributed by atoms with E-state index in [1.165, 1.54) is 0 Å². The average Bonchev–Trinajstić information content (AvgIpc) is 2.97. The van der Waals surface area contributed by atoms with E-state index in [9.17, 15) is 4.79 Å². The van der Waals surface area contributed by atoms with Crippen molar-refractivity contribution in [3.63, 3.8) is 0 Å². The Morgan fingerprint density at radius 2 is 2.44 bits per heavy atom. The van der Waals surface area contributed by atoms with Crippen LogP contribution in [0.25, 0.3) is 0 Å². The van der Waals surface area contributed by atoms with Gasteiger partial charge in [-0.25, -0.2) is 0 Å². The first-order valence-electron chi connectivity index (χ1n) is 6.51. The number of carbonyl (C=O) groups is 1. The van der Waals surface area contributed by atoms with Crippen LogP contribution in [0, 0.1) is 6.92 Å². The minimum Gasteiger partial charge on any atom is -0.359 e. The molecule has 1 aromatic heterocycles. The fraction of sp³-hybridized carbons (Fsp3) is 0.692. The van der Waals surface area contributed by atoms with Crippen molar-refractivity contribution in [2.45, 2.75) is 45.1 Å². The molecule has 0 bridgehead atoms. The standard InChI is InChI=1S/C13H19BrN2O2/c1-10-9-12(18-15-10)11-5-4-8-16(11)13(17)6-2-3-7-14/h9,11H,2-8H2,1H3. The van der Waals surface area contributed by atoms with E-state index >= 15 is 0 Å². The van der Waals surface area contributed by atoms with Crippen LogP contribution in [0.2, 0.25) is 0 Å². The summed E-state index contributed by atoms with van der Waals surface area (Å²) in [5, 5.41) is 4.87. The summed E-state index contributed by atoms with van der Waals surface area (Å²) < 4.78 is 5.30. The van der Waals surface area contributed by atoms with Gasteiger partial charge in [-0.3, -0.25) is 4.79 Å². The lowest BCUT2D eigenvalue weighted by molar-refractivity contribution is -0.132. The highest BCUT2D eigenvalue weighted by Crippen LogP contribution is 2.32. The Morgan fingerprint density at radius 1 is 1.61 bits per heavy atom. The Bertz CT molecular complexity index is 405. The molecule has 1 aromatic rings. The molecule has 0 radical (unpaired) electrons. The number of alkyl halides is 1. The molecule has 0 aromatic carbocycles. The number of nitrogens with zero attached hydrogens (tertiary/aromatic N) is 2. The van der Waals surface area contributed by atoms with Crippen molar-refractivity contribution in [2.75, 3.05) is 11.9 Å². The number of aromatic nitrogens is 1. The monoisotopic (exact) mass is 314 g/mol. The van der Waals surface area contributed by atoms with Gasteiger partial charge in [0.2, 0.25) is 5.91 Å². The summed E-state index contributed by atoms with van der Waals surface area (Å²) >= 11 is 3.39. The van der Waals surface area contributed by atoms with Gasteiger partial charge in [-0.2, -0.15) is 0 Å². The predicted molar refractivity (Wildman–Crippen MR) is 72.6 cm³/mol. The van der Waals surface area contributed by atoms with E-state index in [0.29, 0.717) is 6.42 Å². The molecular weight excluding hydrogens is 296 g/mol. The zero-order chi connectivity index (χ0) is 13.0. The van der Waals surface area contributed by atoms with Gasteiger partial charge in [-0.05, 0) is 32.6 Å².